The summed E-state index contributed by atoms with van der Waals surface area (Å²) in [5.74, 6) is -0.354. The normalized spacial score (nSPS) is 13.2. The lowest BCUT2D eigenvalue weighted by Gasteiger charge is -2.31. The number of guanidine groups is 1. The average Bonchev–Trinajstić information content (AvgIpc) is 2.69. The van der Waals surface area contributed by atoms with Crippen LogP contribution < -0.4 is 16.0 Å². The van der Waals surface area contributed by atoms with Gasteiger partial charge in [0, 0.05) is 29.1 Å². The number of aliphatic hydroxyl groups is 1. The Morgan fingerprint density at radius 2 is 2.03 bits per heavy atom. The van der Waals surface area contributed by atoms with Gasteiger partial charge in [0.1, 0.15) is 12.4 Å². The van der Waals surface area contributed by atoms with Gasteiger partial charge in [0.15, 0.2) is 5.96 Å². The Hall–Kier alpha value is -3.51. The van der Waals surface area contributed by atoms with Crippen LogP contribution in [-0.2, 0) is 11.4 Å². The van der Waals surface area contributed by atoms with Crippen molar-refractivity contribution in [3.8, 4) is 11.1 Å². The summed E-state index contributed by atoms with van der Waals surface area (Å²) >= 11 is 0. The Morgan fingerprint density at radius 1 is 1.32 bits per heavy atom. The number of hydrogen-bond donors (Lipinski definition) is 4. The van der Waals surface area contributed by atoms with E-state index in [4.69, 9.17) is 20.8 Å². The van der Waals surface area contributed by atoms with Gasteiger partial charge in [-0.05, 0) is 0 Å². The Labute approximate surface area is 182 Å². The highest BCUT2D eigenvalue weighted by Crippen LogP contribution is 2.25. The number of hydrogen-bond acceptors (Lipinski definition) is 8. The van der Waals surface area contributed by atoms with Crippen molar-refractivity contribution in [3.63, 3.8) is 0 Å². The van der Waals surface area contributed by atoms with E-state index in [9.17, 15) is 9.18 Å². The van der Waals surface area contributed by atoms with Crippen molar-refractivity contribution in [1.29, 1.82) is 0 Å². The molecule has 166 valence electrons. The fraction of sp³-hybridized carbons (Fsp3) is 0.278. The maximum absolute atomic E-state index is 14.8. The molecule has 0 saturated carbocycles. The maximum Gasteiger partial charge on any atom is 0.411 e. The zero-order valence-electron chi connectivity index (χ0n) is 16.2. The Balaban J connectivity index is 0.00000341. The summed E-state index contributed by atoms with van der Waals surface area (Å²) in [5, 5.41) is 23.0. The monoisotopic (exact) mass is 453 g/mol. The SMILES string of the molecule is Cl.NC(=NCc1cccc(-c2cnc(N3CC(=NOCCO)C3)nc2)c1F)NC(=O)O. The zero-order chi connectivity index (χ0) is 21.5. The number of rotatable bonds is 7. The van der Waals surface area contributed by atoms with Gasteiger partial charge in [-0.1, -0.05) is 23.4 Å². The highest BCUT2D eigenvalue weighted by molar-refractivity contribution is 5.98. The van der Waals surface area contributed by atoms with Crippen LogP contribution in [0.5, 0.6) is 0 Å². The fourth-order valence-electron chi connectivity index (χ4n) is 2.64. The third-order valence-corrected chi connectivity index (χ3v) is 4.09. The summed E-state index contributed by atoms with van der Waals surface area (Å²) in [7, 11) is 0. The molecule has 1 aromatic carbocycles. The van der Waals surface area contributed by atoms with E-state index in [0.717, 1.165) is 5.71 Å². The average molecular weight is 454 g/mol. The van der Waals surface area contributed by atoms with Crippen molar-refractivity contribution in [2.75, 3.05) is 31.2 Å². The molecule has 0 radical (unpaired) electrons. The quantitative estimate of drug-likeness (QED) is 0.209. The van der Waals surface area contributed by atoms with Gasteiger partial charge in [-0.2, -0.15) is 0 Å². The summed E-state index contributed by atoms with van der Waals surface area (Å²) in [6.45, 7) is 0.949. The van der Waals surface area contributed by atoms with Gasteiger partial charge in [0.2, 0.25) is 5.95 Å². The van der Waals surface area contributed by atoms with Crippen LogP contribution in [0.15, 0.2) is 40.7 Å². The molecule has 13 heteroatoms. The summed E-state index contributed by atoms with van der Waals surface area (Å²) in [4.78, 5) is 29.6. The summed E-state index contributed by atoms with van der Waals surface area (Å²) in [6, 6.07) is 4.78. The smallest absolute Gasteiger partial charge is 0.411 e. The van der Waals surface area contributed by atoms with Gasteiger partial charge in [-0.3, -0.25) is 5.32 Å². The van der Waals surface area contributed by atoms with Crippen LogP contribution in [0.3, 0.4) is 0 Å². The lowest BCUT2D eigenvalue weighted by Crippen LogP contribution is -2.48. The number of aliphatic imine (C=N–C) groups is 1. The Kier molecular flexibility index (Phi) is 8.46. The van der Waals surface area contributed by atoms with E-state index in [2.05, 4.69) is 20.1 Å². The molecular weight excluding hydrogens is 433 g/mol. The predicted octanol–water partition coefficient (Wildman–Crippen LogP) is 0.972. The van der Waals surface area contributed by atoms with E-state index in [1.165, 1.54) is 18.5 Å². The van der Waals surface area contributed by atoms with E-state index in [-0.39, 0.29) is 43.7 Å². The van der Waals surface area contributed by atoms with Crippen molar-refractivity contribution in [1.82, 2.24) is 15.3 Å². The predicted molar refractivity (Wildman–Crippen MR) is 114 cm³/mol. The molecule has 1 saturated heterocycles. The van der Waals surface area contributed by atoms with E-state index < -0.39 is 11.9 Å². The number of aromatic nitrogens is 2. The second-order valence-corrected chi connectivity index (χ2v) is 6.25. The number of nitrogens with zero attached hydrogens (tertiary/aromatic N) is 5. The minimum atomic E-state index is -1.35. The number of oxime groups is 1. The second kappa shape index (κ2) is 11.0. The van der Waals surface area contributed by atoms with Crippen LogP contribution in [0.25, 0.3) is 11.1 Å². The van der Waals surface area contributed by atoms with E-state index in [1.807, 2.05) is 10.2 Å². The van der Waals surface area contributed by atoms with Crippen LogP contribution in [0.4, 0.5) is 15.1 Å². The molecule has 5 N–H and O–H groups in total. The number of carbonyl (C=O) groups is 1. The van der Waals surface area contributed by atoms with Gasteiger partial charge in [0.05, 0.1) is 32.0 Å². The molecule has 0 bridgehead atoms. The first-order valence-electron chi connectivity index (χ1n) is 8.91. The molecule has 0 aliphatic carbocycles. The fourth-order valence-corrected chi connectivity index (χ4v) is 2.64. The third-order valence-electron chi connectivity index (χ3n) is 4.09. The van der Waals surface area contributed by atoms with Crippen LogP contribution in [0, 0.1) is 5.82 Å². The lowest BCUT2D eigenvalue weighted by atomic mass is 10.0. The molecule has 1 amide bonds. The summed E-state index contributed by atoms with van der Waals surface area (Å²) in [6.07, 6.45) is 1.69. The molecular formula is C18H21ClFN7O4. The maximum atomic E-state index is 14.8. The molecule has 0 atom stereocenters. The molecule has 2 heterocycles. The number of anilines is 1. The molecule has 3 rings (SSSR count). The number of benzene rings is 1. The summed E-state index contributed by atoms with van der Waals surface area (Å²) in [5.41, 5.74) is 7.25. The minimum absolute atomic E-state index is 0. The summed E-state index contributed by atoms with van der Waals surface area (Å²) < 4.78 is 14.8. The van der Waals surface area contributed by atoms with Gasteiger partial charge >= 0.3 is 6.09 Å². The third kappa shape index (κ3) is 6.23. The Bertz CT molecular complexity index is 964. The highest BCUT2D eigenvalue weighted by atomic mass is 35.5. The first kappa shape index (κ1) is 23.8. The molecule has 1 aromatic heterocycles. The zero-order valence-corrected chi connectivity index (χ0v) is 17.0. The van der Waals surface area contributed by atoms with Gasteiger partial charge < -0.3 is 25.7 Å². The van der Waals surface area contributed by atoms with Gasteiger partial charge in [0.25, 0.3) is 0 Å². The van der Waals surface area contributed by atoms with Gasteiger partial charge in [-0.25, -0.2) is 24.1 Å². The second-order valence-electron chi connectivity index (χ2n) is 6.25. The van der Waals surface area contributed by atoms with E-state index >= 15 is 0 Å². The molecule has 1 fully saturated rings. The van der Waals surface area contributed by atoms with Crippen molar-refractivity contribution >= 4 is 36.1 Å². The molecule has 1 aliphatic heterocycles. The van der Waals surface area contributed by atoms with Crippen LogP contribution in [-0.4, -0.2) is 64.2 Å². The Morgan fingerprint density at radius 3 is 2.68 bits per heavy atom. The van der Waals surface area contributed by atoms with Crippen LogP contribution in [0.2, 0.25) is 0 Å². The van der Waals surface area contributed by atoms with Crippen LogP contribution in [0.1, 0.15) is 5.56 Å². The molecule has 1 aliphatic rings. The number of halogens is 2. The molecule has 11 nitrogen and oxygen atoms in total. The standard InChI is InChI=1S/C18H20FN7O4.ClH/c19-15-11(6-21-16(20)24-18(28)29)2-1-3-14(15)12-7-22-17(23-8-12)26-9-13(10-26)25-30-5-4-27;/h1-3,7-8,27H,4-6,9-10H2,(H,28,29)(H3,20,21,24);1H. The van der Waals surface area contributed by atoms with Crippen molar-refractivity contribution in [2.45, 2.75) is 6.54 Å². The van der Waals surface area contributed by atoms with Gasteiger partial charge in [-0.15, -0.1) is 12.4 Å². The van der Waals surface area contributed by atoms with E-state index in [1.54, 1.807) is 12.1 Å². The first-order valence-corrected chi connectivity index (χ1v) is 8.91. The van der Waals surface area contributed by atoms with E-state index in [0.29, 0.717) is 30.2 Å². The molecule has 0 unspecified atom stereocenters. The van der Waals surface area contributed by atoms with Crippen molar-refractivity contribution < 1.29 is 24.2 Å². The van der Waals surface area contributed by atoms with Crippen LogP contribution >= 0.6 is 12.4 Å². The molecule has 0 spiro atoms. The lowest BCUT2D eigenvalue weighted by molar-refractivity contribution is 0.0975. The molecule has 31 heavy (non-hydrogen) atoms. The largest absolute Gasteiger partial charge is 0.465 e. The number of aliphatic hydroxyl groups excluding tert-OH is 1. The number of carboxylic acid groups (broad SMARTS) is 1. The number of nitrogens with one attached hydrogen (secondary N) is 1. The molecule has 2 aromatic rings. The number of nitrogens with two attached hydrogens (primary N) is 1. The topological polar surface area (TPSA) is 159 Å². The van der Waals surface area contributed by atoms with Crippen molar-refractivity contribution in [3.05, 3.63) is 42.0 Å². The number of amides is 1. The van der Waals surface area contributed by atoms with Crippen molar-refractivity contribution in [2.24, 2.45) is 15.9 Å². The first-order chi connectivity index (χ1) is 14.5. The highest BCUT2D eigenvalue weighted by Gasteiger charge is 2.25. The minimum Gasteiger partial charge on any atom is -0.465 e.